The molecule has 0 atom stereocenters. The fourth-order valence-electron chi connectivity index (χ4n) is 2.20. The second-order valence-corrected chi connectivity index (χ2v) is 7.57. The summed E-state index contributed by atoms with van der Waals surface area (Å²) in [5.41, 5.74) is 7.52. The number of halogens is 2. The zero-order valence-electron chi connectivity index (χ0n) is 15.4. The molecule has 2 aromatic carbocycles. The van der Waals surface area contributed by atoms with E-state index in [2.05, 4.69) is 42.2 Å². The summed E-state index contributed by atoms with van der Waals surface area (Å²) in [6.07, 6.45) is 6.26. The minimum atomic E-state index is -0.443. The second-order valence-electron chi connectivity index (χ2n) is 5.80. The maximum absolute atomic E-state index is 11.9. The molecular weight excluding hydrogens is 498 g/mol. The number of aromatic nitrogens is 1. The number of pyridine rings is 1. The third-order valence-electron chi connectivity index (χ3n) is 3.63. The van der Waals surface area contributed by atoms with E-state index in [0.29, 0.717) is 12.1 Å². The van der Waals surface area contributed by atoms with Gasteiger partial charge in [-0.25, -0.2) is 0 Å². The number of nitrogens with one attached hydrogen (secondary N) is 1. The Morgan fingerprint density at radius 3 is 2.34 bits per heavy atom. The van der Waals surface area contributed by atoms with Crippen LogP contribution in [0.25, 0.3) is 6.08 Å². The Balaban J connectivity index is 0.000000234. The minimum Gasteiger partial charge on any atom is -0.366 e. The highest BCUT2D eigenvalue weighted by molar-refractivity contribution is 9.11. The van der Waals surface area contributed by atoms with Crippen LogP contribution in [0.15, 0.2) is 88.1 Å². The smallest absolute Gasteiger partial charge is 0.251 e. The Morgan fingerprint density at radius 2 is 1.69 bits per heavy atom. The lowest BCUT2D eigenvalue weighted by molar-refractivity contribution is -0.113. The van der Waals surface area contributed by atoms with Crippen molar-refractivity contribution in [2.45, 2.75) is 6.54 Å². The van der Waals surface area contributed by atoms with Crippen molar-refractivity contribution in [3.8, 4) is 0 Å². The molecule has 2 amide bonds. The Kier molecular flexibility index (Phi) is 9.27. The van der Waals surface area contributed by atoms with Crippen LogP contribution in [-0.2, 0) is 11.3 Å². The number of carbonyl (C=O) groups is 2. The van der Waals surface area contributed by atoms with E-state index in [1.165, 1.54) is 6.08 Å². The summed E-state index contributed by atoms with van der Waals surface area (Å²) in [6, 6.07) is 18.7. The highest BCUT2D eigenvalue weighted by Gasteiger charge is 2.06. The first kappa shape index (κ1) is 22.5. The van der Waals surface area contributed by atoms with Crippen molar-refractivity contribution >= 4 is 49.8 Å². The van der Waals surface area contributed by atoms with E-state index in [1.54, 1.807) is 42.7 Å². The molecule has 0 bridgehead atoms. The monoisotopic (exact) mass is 515 g/mol. The van der Waals surface area contributed by atoms with Crippen molar-refractivity contribution in [1.29, 1.82) is 0 Å². The van der Waals surface area contributed by atoms with Gasteiger partial charge in [0.2, 0.25) is 5.91 Å². The number of rotatable bonds is 5. The molecule has 148 valence electrons. The molecule has 0 saturated carbocycles. The van der Waals surface area contributed by atoms with Gasteiger partial charge in [0, 0.05) is 39.5 Å². The Labute approximate surface area is 186 Å². The van der Waals surface area contributed by atoms with Gasteiger partial charge in [-0.15, -0.1) is 0 Å². The predicted octanol–water partition coefficient (Wildman–Crippen LogP) is 4.72. The van der Waals surface area contributed by atoms with Crippen LogP contribution in [0.3, 0.4) is 0 Å². The van der Waals surface area contributed by atoms with Crippen LogP contribution in [0, 0.1) is 0 Å². The highest BCUT2D eigenvalue weighted by Crippen LogP contribution is 2.21. The van der Waals surface area contributed by atoms with Crippen molar-refractivity contribution in [3.05, 3.63) is 105 Å². The quantitative estimate of drug-likeness (QED) is 0.481. The summed E-state index contributed by atoms with van der Waals surface area (Å²) in [7, 11) is 0. The Morgan fingerprint density at radius 1 is 1.00 bits per heavy atom. The van der Waals surface area contributed by atoms with Crippen LogP contribution in [0.5, 0.6) is 0 Å². The van der Waals surface area contributed by atoms with Gasteiger partial charge in [0.15, 0.2) is 0 Å². The van der Waals surface area contributed by atoms with Crippen molar-refractivity contribution in [2.24, 2.45) is 5.73 Å². The summed E-state index contributed by atoms with van der Waals surface area (Å²) >= 11 is 6.88. The first-order chi connectivity index (χ1) is 14.0. The zero-order valence-corrected chi connectivity index (χ0v) is 18.6. The molecule has 3 N–H and O–H groups in total. The highest BCUT2D eigenvalue weighted by atomic mass is 79.9. The first-order valence-corrected chi connectivity index (χ1v) is 10.2. The molecule has 1 heterocycles. The van der Waals surface area contributed by atoms with E-state index < -0.39 is 5.91 Å². The van der Waals surface area contributed by atoms with E-state index in [9.17, 15) is 9.59 Å². The van der Waals surface area contributed by atoms with Gasteiger partial charge in [-0.3, -0.25) is 14.6 Å². The number of benzene rings is 2. The van der Waals surface area contributed by atoms with Crippen molar-refractivity contribution in [3.63, 3.8) is 0 Å². The fourth-order valence-corrected chi connectivity index (χ4v) is 2.99. The third-order valence-corrected chi connectivity index (χ3v) is 4.90. The second kappa shape index (κ2) is 11.9. The molecule has 1 aromatic heterocycles. The largest absolute Gasteiger partial charge is 0.366 e. The first-order valence-electron chi connectivity index (χ1n) is 8.60. The number of hydrogen-bond donors (Lipinski definition) is 2. The van der Waals surface area contributed by atoms with Gasteiger partial charge >= 0.3 is 0 Å². The summed E-state index contributed by atoms with van der Waals surface area (Å²) in [4.78, 5) is 26.0. The van der Waals surface area contributed by atoms with E-state index in [-0.39, 0.29) is 5.91 Å². The molecule has 3 aromatic rings. The molecule has 0 aliphatic heterocycles. The van der Waals surface area contributed by atoms with Crippen LogP contribution >= 0.6 is 31.9 Å². The van der Waals surface area contributed by atoms with Gasteiger partial charge in [-0.2, -0.15) is 0 Å². The Bertz CT molecular complexity index is 978. The normalized spacial score (nSPS) is 10.1. The molecule has 5 nitrogen and oxygen atoms in total. The number of carbonyl (C=O) groups excluding carboxylic acids is 2. The number of hydrogen-bond acceptors (Lipinski definition) is 3. The molecule has 3 rings (SSSR count). The lowest BCUT2D eigenvalue weighted by Gasteiger charge is -2.07. The number of nitrogens with zero attached hydrogens (tertiary/aromatic N) is 1. The molecule has 7 heteroatoms. The lowest BCUT2D eigenvalue weighted by atomic mass is 10.2. The summed E-state index contributed by atoms with van der Waals surface area (Å²) in [6.45, 7) is 0.494. The lowest BCUT2D eigenvalue weighted by Crippen LogP contribution is -2.22. The molecule has 29 heavy (non-hydrogen) atoms. The number of amides is 2. The van der Waals surface area contributed by atoms with E-state index in [0.717, 1.165) is 20.1 Å². The Hall–Kier alpha value is -2.77. The topological polar surface area (TPSA) is 85.1 Å². The van der Waals surface area contributed by atoms with Gasteiger partial charge in [0.25, 0.3) is 5.91 Å². The summed E-state index contributed by atoms with van der Waals surface area (Å²) in [5, 5.41) is 2.89. The molecule has 0 fully saturated rings. The van der Waals surface area contributed by atoms with Crippen molar-refractivity contribution in [2.75, 3.05) is 0 Å². The molecule has 0 saturated heterocycles. The molecule has 0 radical (unpaired) electrons. The van der Waals surface area contributed by atoms with E-state index in [1.807, 2.05) is 36.4 Å². The van der Waals surface area contributed by atoms with Gasteiger partial charge in [-0.1, -0.05) is 50.1 Å². The van der Waals surface area contributed by atoms with Gasteiger partial charge in [0.05, 0.1) is 0 Å². The number of primary amides is 1. The molecule has 0 unspecified atom stereocenters. The van der Waals surface area contributed by atoms with Crippen LogP contribution in [0.2, 0.25) is 0 Å². The van der Waals surface area contributed by atoms with Gasteiger partial charge in [-0.05, 0) is 59.7 Å². The third kappa shape index (κ3) is 8.41. The maximum Gasteiger partial charge on any atom is 0.251 e. The predicted molar refractivity (Wildman–Crippen MR) is 122 cm³/mol. The SMILES string of the molecule is NC(=O)/C=C/c1ccncc1.O=C(NCc1cc(Br)ccc1Br)c1ccccc1. The van der Waals surface area contributed by atoms with Crippen molar-refractivity contribution < 1.29 is 9.59 Å². The minimum absolute atomic E-state index is 0.0672. The fraction of sp³-hybridized carbons (Fsp3) is 0.0455. The maximum atomic E-state index is 11.9. The van der Waals surface area contributed by atoms with Crippen LogP contribution in [0.4, 0.5) is 0 Å². The molecule has 0 aliphatic rings. The van der Waals surface area contributed by atoms with Crippen LogP contribution < -0.4 is 11.1 Å². The van der Waals surface area contributed by atoms with Crippen LogP contribution in [-0.4, -0.2) is 16.8 Å². The van der Waals surface area contributed by atoms with Gasteiger partial charge in [0.1, 0.15) is 0 Å². The summed E-state index contributed by atoms with van der Waals surface area (Å²) in [5.74, 6) is -0.510. The average molecular weight is 517 g/mol. The zero-order chi connectivity index (χ0) is 21.1. The number of nitrogens with two attached hydrogens (primary N) is 1. The van der Waals surface area contributed by atoms with Gasteiger partial charge < -0.3 is 11.1 Å². The van der Waals surface area contributed by atoms with Crippen molar-refractivity contribution in [1.82, 2.24) is 10.3 Å². The standard InChI is InChI=1S/C14H11Br2NO.C8H8N2O/c15-12-6-7-13(16)11(8-12)9-17-14(18)10-4-2-1-3-5-10;9-8(11)2-1-7-3-5-10-6-4-7/h1-8H,9H2,(H,17,18);1-6H,(H2,9,11)/b;2-1+. The van der Waals surface area contributed by atoms with E-state index in [4.69, 9.17) is 5.73 Å². The molecule has 0 aliphatic carbocycles. The van der Waals surface area contributed by atoms with Crippen LogP contribution in [0.1, 0.15) is 21.5 Å². The molecule has 0 spiro atoms. The summed E-state index contributed by atoms with van der Waals surface area (Å²) < 4.78 is 1.98. The van der Waals surface area contributed by atoms with E-state index >= 15 is 0 Å². The average Bonchev–Trinajstić information content (AvgIpc) is 2.74. The molecular formula is C22H19Br2N3O2.